The minimum Gasteiger partial charge on any atom is -0.332 e. The van der Waals surface area contributed by atoms with E-state index in [1.807, 2.05) is 19.9 Å². The zero-order valence-corrected chi connectivity index (χ0v) is 12.4. The van der Waals surface area contributed by atoms with E-state index in [0.29, 0.717) is 16.7 Å². The summed E-state index contributed by atoms with van der Waals surface area (Å²) < 4.78 is 13.0. The third-order valence-corrected chi connectivity index (χ3v) is 2.88. The van der Waals surface area contributed by atoms with Crippen molar-refractivity contribution in [2.24, 2.45) is 0 Å². The first kappa shape index (κ1) is 14.6. The highest BCUT2D eigenvalue weighted by Crippen LogP contribution is 2.19. The van der Waals surface area contributed by atoms with E-state index in [9.17, 15) is 4.39 Å². The number of benzene rings is 1. The zero-order chi connectivity index (χ0) is 14.7. The van der Waals surface area contributed by atoms with Gasteiger partial charge in [-0.1, -0.05) is 11.6 Å². The third-order valence-electron chi connectivity index (χ3n) is 2.39. The number of hydrogen-bond donors (Lipinski definition) is 2. The van der Waals surface area contributed by atoms with E-state index in [4.69, 9.17) is 23.8 Å². The van der Waals surface area contributed by atoms with E-state index in [2.05, 4.69) is 20.6 Å². The lowest BCUT2D eigenvalue weighted by atomic mass is 10.3. The molecule has 4 nitrogen and oxygen atoms in total. The number of nitrogens with zero attached hydrogens (tertiary/aromatic N) is 2. The number of aromatic nitrogens is 2. The van der Waals surface area contributed by atoms with Crippen LogP contribution in [0.1, 0.15) is 11.4 Å². The summed E-state index contributed by atoms with van der Waals surface area (Å²) in [6.45, 7) is 3.74. The number of hydrogen-bond acceptors (Lipinski definition) is 3. The number of thiocarbonyl (C=S) groups is 1. The highest BCUT2D eigenvalue weighted by Gasteiger charge is 2.05. The van der Waals surface area contributed by atoms with Gasteiger partial charge in [0.25, 0.3) is 0 Å². The van der Waals surface area contributed by atoms with Gasteiger partial charge in [-0.25, -0.2) is 14.4 Å². The molecule has 1 aromatic carbocycles. The van der Waals surface area contributed by atoms with Crippen molar-refractivity contribution in [1.29, 1.82) is 0 Å². The smallest absolute Gasteiger partial charge is 0.229 e. The maximum absolute atomic E-state index is 13.0. The first-order valence-electron chi connectivity index (χ1n) is 5.79. The molecule has 1 heterocycles. The Balaban J connectivity index is 2.06. The Bertz CT molecular complexity index is 643. The molecule has 0 spiro atoms. The van der Waals surface area contributed by atoms with Gasteiger partial charge in [-0.2, -0.15) is 0 Å². The molecule has 7 heteroatoms. The van der Waals surface area contributed by atoms with E-state index in [1.54, 1.807) is 0 Å². The highest BCUT2D eigenvalue weighted by atomic mass is 35.5. The van der Waals surface area contributed by atoms with Gasteiger partial charge >= 0.3 is 0 Å². The maximum atomic E-state index is 13.0. The summed E-state index contributed by atoms with van der Waals surface area (Å²) in [6, 6.07) is 6.12. The largest absolute Gasteiger partial charge is 0.332 e. The molecule has 0 aliphatic rings. The Morgan fingerprint density at radius 1 is 1.15 bits per heavy atom. The molecule has 0 aliphatic heterocycles. The highest BCUT2D eigenvalue weighted by molar-refractivity contribution is 7.80. The number of aryl methyl sites for hydroxylation is 2. The average Bonchev–Trinajstić information content (AvgIpc) is 2.32. The molecule has 2 rings (SSSR count). The van der Waals surface area contributed by atoms with Crippen LogP contribution < -0.4 is 10.6 Å². The summed E-state index contributed by atoms with van der Waals surface area (Å²) in [6.07, 6.45) is 0. The van der Waals surface area contributed by atoms with Crippen molar-refractivity contribution in [3.8, 4) is 0 Å². The molecule has 0 amide bonds. The summed E-state index contributed by atoms with van der Waals surface area (Å²) in [5, 5.41) is 6.09. The van der Waals surface area contributed by atoms with Gasteiger partial charge in [-0.05, 0) is 50.3 Å². The van der Waals surface area contributed by atoms with Gasteiger partial charge < -0.3 is 10.6 Å². The summed E-state index contributed by atoms with van der Waals surface area (Å²) in [7, 11) is 0. The van der Waals surface area contributed by atoms with Crippen molar-refractivity contribution in [1.82, 2.24) is 9.97 Å². The fourth-order valence-corrected chi connectivity index (χ4v) is 2.01. The van der Waals surface area contributed by atoms with Crippen molar-refractivity contribution in [2.45, 2.75) is 13.8 Å². The van der Waals surface area contributed by atoms with Crippen LogP contribution in [0.2, 0.25) is 5.02 Å². The minimum absolute atomic E-state index is 0.0282. The lowest BCUT2D eigenvalue weighted by Crippen LogP contribution is -2.21. The van der Waals surface area contributed by atoms with Crippen molar-refractivity contribution < 1.29 is 4.39 Å². The van der Waals surface area contributed by atoms with Crippen molar-refractivity contribution in [3.63, 3.8) is 0 Å². The van der Waals surface area contributed by atoms with Gasteiger partial charge in [0.1, 0.15) is 5.82 Å². The first-order chi connectivity index (χ1) is 9.44. The van der Waals surface area contributed by atoms with Crippen LogP contribution in [0, 0.1) is 19.7 Å². The lowest BCUT2D eigenvalue weighted by molar-refractivity contribution is 0.628. The molecule has 0 bridgehead atoms. The summed E-state index contributed by atoms with van der Waals surface area (Å²) in [5.74, 6) is -0.0676. The Hall–Kier alpha value is -1.79. The van der Waals surface area contributed by atoms with E-state index in [-0.39, 0.29) is 5.02 Å². The Morgan fingerprint density at radius 2 is 1.80 bits per heavy atom. The standard InChI is InChI=1S/C13H12ClFN4S/c1-7-5-8(2)17-12(16-7)19-13(20)18-9-3-4-11(15)10(14)6-9/h3-6H,1-2H3,(H2,16,17,18,19,20). The maximum Gasteiger partial charge on any atom is 0.229 e. The van der Waals surface area contributed by atoms with Gasteiger partial charge in [0, 0.05) is 17.1 Å². The topological polar surface area (TPSA) is 49.8 Å². The number of nitrogens with one attached hydrogen (secondary N) is 2. The second kappa shape index (κ2) is 6.11. The molecule has 0 radical (unpaired) electrons. The first-order valence-corrected chi connectivity index (χ1v) is 6.58. The number of anilines is 2. The van der Waals surface area contributed by atoms with Crippen LogP contribution in [0.4, 0.5) is 16.0 Å². The molecule has 1 aromatic heterocycles. The molecular formula is C13H12ClFN4S. The molecule has 0 aliphatic carbocycles. The molecule has 0 fully saturated rings. The fraction of sp³-hybridized carbons (Fsp3) is 0.154. The molecule has 20 heavy (non-hydrogen) atoms. The van der Waals surface area contributed by atoms with Crippen LogP contribution in [0.25, 0.3) is 0 Å². The molecule has 0 saturated heterocycles. The number of rotatable bonds is 2. The van der Waals surface area contributed by atoms with Crippen LogP contribution in [0.3, 0.4) is 0 Å². The van der Waals surface area contributed by atoms with Crippen LogP contribution >= 0.6 is 23.8 Å². The predicted octanol–water partition coefficient (Wildman–Crippen LogP) is 3.69. The third kappa shape index (κ3) is 3.85. The summed E-state index contributed by atoms with van der Waals surface area (Å²) >= 11 is 10.8. The Kier molecular flexibility index (Phi) is 4.46. The molecule has 0 unspecified atom stereocenters. The lowest BCUT2D eigenvalue weighted by Gasteiger charge is -2.10. The van der Waals surface area contributed by atoms with Crippen molar-refractivity contribution in [3.05, 3.63) is 46.5 Å². The van der Waals surface area contributed by atoms with Gasteiger partial charge in [-0.15, -0.1) is 0 Å². The molecule has 0 atom stereocenters. The Morgan fingerprint density at radius 3 is 2.40 bits per heavy atom. The predicted molar refractivity (Wildman–Crippen MR) is 82.8 cm³/mol. The van der Waals surface area contributed by atoms with Crippen LogP contribution in [0.5, 0.6) is 0 Å². The van der Waals surface area contributed by atoms with E-state index in [0.717, 1.165) is 11.4 Å². The average molecular weight is 311 g/mol. The quantitative estimate of drug-likeness (QED) is 0.828. The number of halogens is 2. The molecule has 0 saturated carbocycles. The molecule has 104 valence electrons. The van der Waals surface area contributed by atoms with Crippen LogP contribution in [-0.4, -0.2) is 15.1 Å². The Labute approximate surface area is 126 Å². The van der Waals surface area contributed by atoms with Gasteiger partial charge in [0.15, 0.2) is 5.11 Å². The molecule has 2 N–H and O–H groups in total. The van der Waals surface area contributed by atoms with E-state index >= 15 is 0 Å². The van der Waals surface area contributed by atoms with Crippen LogP contribution in [0.15, 0.2) is 24.3 Å². The monoisotopic (exact) mass is 310 g/mol. The summed E-state index contributed by atoms with van der Waals surface area (Å²) in [4.78, 5) is 8.42. The fourth-order valence-electron chi connectivity index (χ4n) is 1.62. The second-order valence-corrected chi connectivity index (χ2v) is 5.00. The van der Waals surface area contributed by atoms with Gasteiger partial charge in [0.2, 0.25) is 5.95 Å². The van der Waals surface area contributed by atoms with Crippen molar-refractivity contribution >= 4 is 40.6 Å². The second-order valence-electron chi connectivity index (χ2n) is 4.18. The van der Waals surface area contributed by atoms with E-state index in [1.165, 1.54) is 18.2 Å². The molecular weight excluding hydrogens is 299 g/mol. The van der Waals surface area contributed by atoms with Crippen molar-refractivity contribution in [2.75, 3.05) is 10.6 Å². The SMILES string of the molecule is Cc1cc(C)nc(NC(=S)Nc2ccc(F)c(Cl)c2)n1. The minimum atomic E-state index is -0.478. The van der Waals surface area contributed by atoms with Gasteiger partial charge in [0.05, 0.1) is 5.02 Å². The van der Waals surface area contributed by atoms with Gasteiger partial charge in [-0.3, -0.25) is 0 Å². The normalized spacial score (nSPS) is 10.2. The zero-order valence-electron chi connectivity index (χ0n) is 10.9. The van der Waals surface area contributed by atoms with E-state index < -0.39 is 5.82 Å². The van der Waals surface area contributed by atoms with Crippen LogP contribution in [-0.2, 0) is 0 Å². The summed E-state index contributed by atoms with van der Waals surface area (Å²) in [5.41, 5.74) is 2.26. The molecule has 2 aromatic rings.